The second-order valence-corrected chi connectivity index (χ2v) is 3.89. The molecule has 0 rings (SSSR count). The zero-order valence-corrected chi connectivity index (χ0v) is 8.67. The van der Waals surface area contributed by atoms with Gasteiger partial charge in [-0.05, 0) is 6.08 Å². The zero-order chi connectivity index (χ0) is 10.3. The Morgan fingerprint density at radius 3 is 2.62 bits per heavy atom. The van der Waals surface area contributed by atoms with Gasteiger partial charge in [-0.2, -0.15) is 0 Å². The Labute approximate surface area is 79.7 Å². The first-order chi connectivity index (χ1) is 5.95. The molecule has 0 aromatic carbocycles. The minimum Gasteiger partial charge on any atom is -0.331 e. The summed E-state index contributed by atoms with van der Waals surface area (Å²) in [5.41, 5.74) is 2.25. The Kier molecular flexibility index (Phi) is 5.34. The van der Waals surface area contributed by atoms with Crippen LogP contribution >= 0.6 is 0 Å². The minimum absolute atomic E-state index is 0.301. The standard InChI is InChI=1S/C9H18N2O2/c1-5-9(12)10-13-8-6-7-11(2,3)4/h5H,1,6-8H2,2-4H3/p+1. The van der Waals surface area contributed by atoms with Crippen molar-refractivity contribution in [1.82, 2.24) is 5.48 Å². The molecule has 1 N–H and O–H groups in total. The predicted octanol–water partition coefficient (Wildman–Crippen LogP) is 0.317. The summed E-state index contributed by atoms with van der Waals surface area (Å²) in [5.74, 6) is -0.301. The first kappa shape index (κ1) is 12.1. The normalized spacial score (nSPS) is 11.0. The molecule has 4 nitrogen and oxygen atoms in total. The lowest BCUT2D eigenvalue weighted by Gasteiger charge is -2.23. The van der Waals surface area contributed by atoms with Gasteiger partial charge in [-0.3, -0.25) is 9.63 Å². The highest BCUT2D eigenvalue weighted by Crippen LogP contribution is 1.92. The van der Waals surface area contributed by atoms with E-state index in [1.165, 1.54) is 6.08 Å². The van der Waals surface area contributed by atoms with Gasteiger partial charge in [-0.1, -0.05) is 6.58 Å². The van der Waals surface area contributed by atoms with E-state index in [4.69, 9.17) is 4.84 Å². The minimum atomic E-state index is -0.301. The van der Waals surface area contributed by atoms with Crippen molar-refractivity contribution in [2.24, 2.45) is 0 Å². The Balaban J connectivity index is 3.27. The van der Waals surface area contributed by atoms with Crippen molar-refractivity contribution >= 4 is 5.91 Å². The molecule has 0 bridgehead atoms. The van der Waals surface area contributed by atoms with E-state index < -0.39 is 0 Å². The van der Waals surface area contributed by atoms with E-state index in [-0.39, 0.29) is 5.91 Å². The van der Waals surface area contributed by atoms with E-state index in [0.717, 1.165) is 17.4 Å². The van der Waals surface area contributed by atoms with Gasteiger partial charge in [0.15, 0.2) is 0 Å². The van der Waals surface area contributed by atoms with Crippen LogP contribution in [0.25, 0.3) is 0 Å². The highest BCUT2D eigenvalue weighted by atomic mass is 16.6. The fourth-order valence-electron chi connectivity index (χ4n) is 0.775. The molecule has 0 atom stereocenters. The first-order valence-electron chi connectivity index (χ1n) is 4.30. The molecule has 0 radical (unpaired) electrons. The lowest BCUT2D eigenvalue weighted by molar-refractivity contribution is -0.870. The topological polar surface area (TPSA) is 38.3 Å². The van der Waals surface area contributed by atoms with Crippen molar-refractivity contribution < 1.29 is 14.1 Å². The first-order valence-corrected chi connectivity index (χ1v) is 4.30. The molecule has 76 valence electrons. The molecule has 0 aromatic heterocycles. The number of hydrogen-bond donors (Lipinski definition) is 1. The largest absolute Gasteiger partial charge is 0.331 e. The van der Waals surface area contributed by atoms with E-state index in [9.17, 15) is 4.79 Å². The predicted molar refractivity (Wildman–Crippen MR) is 51.8 cm³/mol. The third-order valence-corrected chi connectivity index (χ3v) is 1.43. The highest BCUT2D eigenvalue weighted by molar-refractivity contribution is 5.85. The van der Waals surface area contributed by atoms with E-state index >= 15 is 0 Å². The van der Waals surface area contributed by atoms with Gasteiger partial charge in [0.05, 0.1) is 34.3 Å². The van der Waals surface area contributed by atoms with Crippen LogP contribution in [0, 0.1) is 0 Å². The summed E-state index contributed by atoms with van der Waals surface area (Å²) in [7, 11) is 6.34. The van der Waals surface area contributed by atoms with Crippen molar-refractivity contribution in [3.63, 3.8) is 0 Å². The number of nitrogens with zero attached hydrogens (tertiary/aromatic N) is 1. The van der Waals surface area contributed by atoms with E-state index in [1.807, 2.05) is 0 Å². The van der Waals surface area contributed by atoms with Crippen LogP contribution in [0.5, 0.6) is 0 Å². The Morgan fingerprint density at radius 2 is 2.15 bits per heavy atom. The van der Waals surface area contributed by atoms with Crippen LogP contribution in [-0.4, -0.2) is 44.7 Å². The number of hydroxylamine groups is 1. The van der Waals surface area contributed by atoms with Crippen LogP contribution in [0.1, 0.15) is 6.42 Å². The van der Waals surface area contributed by atoms with Crippen molar-refractivity contribution in [1.29, 1.82) is 0 Å². The number of carbonyl (C=O) groups is 1. The van der Waals surface area contributed by atoms with Crippen molar-refractivity contribution in [3.8, 4) is 0 Å². The molecule has 0 aromatic rings. The van der Waals surface area contributed by atoms with Crippen LogP contribution < -0.4 is 5.48 Å². The third-order valence-electron chi connectivity index (χ3n) is 1.43. The molecular formula is C9H19N2O2+. The van der Waals surface area contributed by atoms with E-state index in [0.29, 0.717) is 6.61 Å². The quantitative estimate of drug-likeness (QED) is 0.281. The maximum Gasteiger partial charge on any atom is 0.266 e. The summed E-state index contributed by atoms with van der Waals surface area (Å²) >= 11 is 0. The molecule has 13 heavy (non-hydrogen) atoms. The zero-order valence-electron chi connectivity index (χ0n) is 8.67. The van der Waals surface area contributed by atoms with Crippen LogP contribution in [-0.2, 0) is 9.63 Å². The molecule has 0 heterocycles. The lowest BCUT2D eigenvalue weighted by atomic mass is 10.4. The number of carbonyl (C=O) groups excluding carboxylic acids is 1. The summed E-state index contributed by atoms with van der Waals surface area (Å²) in [5, 5.41) is 0. The smallest absolute Gasteiger partial charge is 0.266 e. The molecule has 0 aliphatic heterocycles. The summed E-state index contributed by atoms with van der Waals surface area (Å²) in [4.78, 5) is 15.5. The van der Waals surface area contributed by atoms with E-state index in [1.54, 1.807) is 0 Å². The number of amides is 1. The second kappa shape index (κ2) is 5.72. The van der Waals surface area contributed by atoms with Crippen LogP contribution in [0.3, 0.4) is 0 Å². The van der Waals surface area contributed by atoms with Crippen LogP contribution in [0.4, 0.5) is 0 Å². The molecular weight excluding hydrogens is 168 g/mol. The monoisotopic (exact) mass is 187 g/mol. The number of rotatable bonds is 6. The fourth-order valence-corrected chi connectivity index (χ4v) is 0.775. The van der Waals surface area contributed by atoms with Gasteiger partial charge >= 0.3 is 0 Å². The summed E-state index contributed by atoms with van der Waals surface area (Å²) in [6, 6.07) is 0. The van der Waals surface area contributed by atoms with Crippen molar-refractivity contribution in [2.45, 2.75) is 6.42 Å². The molecule has 0 saturated heterocycles. The summed E-state index contributed by atoms with van der Waals surface area (Å²) in [6.07, 6.45) is 2.10. The van der Waals surface area contributed by atoms with Gasteiger partial charge in [-0.15, -0.1) is 0 Å². The molecule has 0 aliphatic rings. The average molecular weight is 187 g/mol. The summed E-state index contributed by atoms with van der Waals surface area (Å²) < 4.78 is 0.902. The summed E-state index contributed by atoms with van der Waals surface area (Å²) in [6.45, 7) is 4.86. The molecule has 0 fully saturated rings. The van der Waals surface area contributed by atoms with Gasteiger partial charge in [-0.25, -0.2) is 5.48 Å². The molecule has 0 unspecified atom stereocenters. The van der Waals surface area contributed by atoms with Gasteiger partial charge in [0, 0.05) is 6.42 Å². The number of quaternary nitrogens is 1. The Hall–Kier alpha value is -0.870. The van der Waals surface area contributed by atoms with Gasteiger partial charge in [0.25, 0.3) is 5.91 Å². The molecule has 0 spiro atoms. The van der Waals surface area contributed by atoms with Gasteiger partial charge < -0.3 is 4.48 Å². The maximum atomic E-state index is 10.6. The average Bonchev–Trinajstić information content (AvgIpc) is 2.01. The van der Waals surface area contributed by atoms with Gasteiger partial charge in [0.2, 0.25) is 0 Å². The fraction of sp³-hybridized carbons (Fsp3) is 0.667. The number of hydrogen-bond acceptors (Lipinski definition) is 2. The second-order valence-electron chi connectivity index (χ2n) is 3.89. The molecule has 0 saturated carbocycles. The van der Waals surface area contributed by atoms with E-state index in [2.05, 4.69) is 33.2 Å². The molecule has 0 aliphatic carbocycles. The van der Waals surface area contributed by atoms with Crippen LogP contribution in [0.2, 0.25) is 0 Å². The Bertz CT molecular complexity index is 173. The van der Waals surface area contributed by atoms with Crippen molar-refractivity contribution in [3.05, 3.63) is 12.7 Å². The SMILES string of the molecule is C=CC(=O)NOCCC[N+](C)(C)C. The number of nitrogens with one attached hydrogen (secondary N) is 1. The maximum absolute atomic E-state index is 10.6. The lowest BCUT2D eigenvalue weighted by Crippen LogP contribution is -2.36. The molecule has 1 amide bonds. The highest BCUT2D eigenvalue weighted by Gasteiger charge is 2.05. The van der Waals surface area contributed by atoms with Gasteiger partial charge in [0.1, 0.15) is 0 Å². The van der Waals surface area contributed by atoms with Crippen molar-refractivity contribution in [2.75, 3.05) is 34.3 Å². The molecule has 4 heteroatoms. The Morgan fingerprint density at radius 1 is 1.54 bits per heavy atom. The van der Waals surface area contributed by atoms with Crippen LogP contribution in [0.15, 0.2) is 12.7 Å². The third kappa shape index (κ3) is 9.04.